The van der Waals surface area contributed by atoms with E-state index in [-0.39, 0.29) is 23.5 Å². The number of nitrogens with one attached hydrogen (secondary N) is 1. The maximum Gasteiger partial charge on any atom is 0.185 e. The van der Waals surface area contributed by atoms with Crippen LogP contribution >= 0.6 is 0 Å². The molecule has 1 atom stereocenters. The minimum atomic E-state index is 0.0820. The fourth-order valence-corrected chi connectivity index (χ4v) is 2.52. The van der Waals surface area contributed by atoms with Crippen molar-refractivity contribution in [2.75, 3.05) is 13.1 Å². The molecule has 19 heavy (non-hydrogen) atoms. The molecular weight excluding hydrogens is 244 g/mol. The lowest BCUT2D eigenvalue weighted by molar-refractivity contribution is 0.407. The predicted octanol–water partition coefficient (Wildman–Crippen LogP) is 0.338. The highest BCUT2D eigenvalue weighted by Crippen LogP contribution is 2.36. The lowest BCUT2D eigenvalue weighted by atomic mass is 9.90. The van der Waals surface area contributed by atoms with Crippen LogP contribution in [0, 0.1) is 0 Å². The summed E-state index contributed by atoms with van der Waals surface area (Å²) in [6, 6.07) is 3.19. The molecule has 1 heterocycles. The number of phenols is 2. The molecule has 0 aliphatic carbocycles. The van der Waals surface area contributed by atoms with Gasteiger partial charge in [0.1, 0.15) is 11.5 Å². The lowest BCUT2D eigenvalue weighted by Crippen LogP contribution is -2.30. The van der Waals surface area contributed by atoms with E-state index in [1.54, 1.807) is 6.07 Å². The minimum absolute atomic E-state index is 0.0820. The number of guanidine groups is 1. The summed E-state index contributed by atoms with van der Waals surface area (Å²) in [5.41, 5.74) is 12.4. The number of hydrogen-bond donors (Lipinski definition) is 5. The molecule has 0 fully saturated rings. The average Bonchev–Trinajstić information content (AvgIpc) is 2.33. The Morgan fingerprint density at radius 2 is 2.16 bits per heavy atom. The van der Waals surface area contributed by atoms with Crippen LogP contribution in [0.1, 0.15) is 30.0 Å². The highest BCUT2D eigenvalue weighted by molar-refractivity contribution is 5.75. The first-order valence-electron chi connectivity index (χ1n) is 6.41. The van der Waals surface area contributed by atoms with Crippen molar-refractivity contribution in [1.82, 2.24) is 5.32 Å². The minimum Gasteiger partial charge on any atom is -0.508 e. The zero-order valence-electron chi connectivity index (χ0n) is 10.8. The summed E-state index contributed by atoms with van der Waals surface area (Å²) in [6.45, 7) is 1.41. The second kappa shape index (κ2) is 5.79. The highest BCUT2D eigenvalue weighted by Gasteiger charge is 2.23. The van der Waals surface area contributed by atoms with Crippen molar-refractivity contribution in [1.29, 1.82) is 0 Å². The van der Waals surface area contributed by atoms with Gasteiger partial charge in [0, 0.05) is 24.2 Å². The molecular formula is C13H20N4O2. The van der Waals surface area contributed by atoms with Gasteiger partial charge in [0.15, 0.2) is 5.96 Å². The Morgan fingerprint density at radius 1 is 1.37 bits per heavy atom. The molecule has 0 aromatic heterocycles. The molecule has 1 aliphatic heterocycles. The van der Waals surface area contributed by atoms with Crippen molar-refractivity contribution >= 4 is 5.96 Å². The number of hydrogen-bond acceptors (Lipinski definition) is 4. The Hall–Kier alpha value is -1.95. The fourth-order valence-electron chi connectivity index (χ4n) is 2.52. The smallest absolute Gasteiger partial charge is 0.185 e. The van der Waals surface area contributed by atoms with Crippen molar-refractivity contribution in [3.05, 3.63) is 23.3 Å². The van der Waals surface area contributed by atoms with Gasteiger partial charge in [0.25, 0.3) is 0 Å². The number of fused-ring (bicyclic) bond motifs is 1. The molecule has 104 valence electrons. The van der Waals surface area contributed by atoms with E-state index in [2.05, 4.69) is 10.3 Å². The summed E-state index contributed by atoms with van der Waals surface area (Å²) in [7, 11) is 0. The lowest BCUT2D eigenvalue weighted by Gasteiger charge is -2.27. The van der Waals surface area contributed by atoms with Gasteiger partial charge >= 0.3 is 0 Å². The van der Waals surface area contributed by atoms with Crippen LogP contribution in [0.2, 0.25) is 0 Å². The summed E-state index contributed by atoms with van der Waals surface area (Å²) in [6.07, 6.45) is 2.47. The number of aliphatic imine (C=N–C) groups is 1. The number of nitrogens with two attached hydrogens (primary N) is 2. The molecule has 0 bridgehead atoms. The van der Waals surface area contributed by atoms with Crippen LogP contribution in [0.15, 0.2) is 17.1 Å². The van der Waals surface area contributed by atoms with Crippen LogP contribution < -0.4 is 16.8 Å². The molecule has 0 amide bonds. The number of aromatic hydroxyl groups is 2. The molecule has 0 radical (unpaired) electrons. The molecule has 0 spiro atoms. The summed E-state index contributed by atoms with van der Waals surface area (Å²) < 4.78 is 0. The first-order valence-corrected chi connectivity index (χ1v) is 6.41. The number of nitrogens with zero attached hydrogens (tertiary/aromatic N) is 1. The van der Waals surface area contributed by atoms with Crippen LogP contribution in [0.5, 0.6) is 11.5 Å². The van der Waals surface area contributed by atoms with E-state index in [0.29, 0.717) is 6.54 Å². The van der Waals surface area contributed by atoms with E-state index in [9.17, 15) is 10.2 Å². The molecule has 0 unspecified atom stereocenters. The Labute approximate surface area is 112 Å². The maximum atomic E-state index is 9.98. The monoisotopic (exact) mass is 264 g/mol. The van der Waals surface area contributed by atoms with Gasteiger partial charge in [0.05, 0.1) is 0 Å². The van der Waals surface area contributed by atoms with Gasteiger partial charge in [-0.1, -0.05) is 0 Å². The SMILES string of the molecule is NC(N)=NCCC[C@@H]1NCCc2cc(O)cc(O)c21. The van der Waals surface area contributed by atoms with E-state index in [0.717, 1.165) is 36.9 Å². The Bertz CT molecular complexity index is 484. The molecule has 2 rings (SSSR count). The van der Waals surface area contributed by atoms with Crippen molar-refractivity contribution in [3.8, 4) is 11.5 Å². The van der Waals surface area contributed by atoms with Crippen molar-refractivity contribution in [2.24, 2.45) is 16.5 Å². The fraction of sp³-hybridized carbons (Fsp3) is 0.462. The zero-order valence-corrected chi connectivity index (χ0v) is 10.8. The molecule has 0 saturated heterocycles. The van der Waals surface area contributed by atoms with Crippen LogP contribution in [0.4, 0.5) is 0 Å². The standard InChI is InChI=1S/C13H20N4O2/c14-13(15)17-4-1-2-10-12-8(3-5-16-10)6-9(18)7-11(12)19/h6-7,10,16,18-19H,1-5H2,(H4,14,15,17)/t10-/m0/s1. The van der Waals surface area contributed by atoms with Gasteiger partial charge in [-0.05, 0) is 37.4 Å². The van der Waals surface area contributed by atoms with Gasteiger partial charge in [0.2, 0.25) is 0 Å². The third-order valence-corrected chi connectivity index (χ3v) is 3.31. The number of phenolic OH excluding ortho intramolecular Hbond substituents is 2. The van der Waals surface area contributed by atoms with Gasteiger partial charge in [-0.15, -0.1) is 0 Å². The summed E-state index contributed by atoms with van der Waals surface area (Å²) in [4.78, 5) is 3.94. The molecule has 7 N–H and O–H groups in total. The zero-order chi connectivity index (χ0) is 13.8. The molecule has 0 saturated carbocycles. The summed E-state index contributed by atoms with van der Waals surface area (Å²) in [5.74, 6) is 0.358. The quantitative estimate of drug-likeness (QED) is 0.305. The number of rotatable bonds is 4. The van der Waals surface area contributed by atoms with E-state index in [4.69, 9.17) is 11.5 Å². The van der Waals surface area contributed by atoms with Gasteiger partial charge in [-0.2, -0.15) is 0 Å². The average molecular weight is 264 g/mol. The van der Waals surface area contributed by atoms with Crippen LogP contribution in [0.25, 0.3) is 0 Å². The molecule has 1 aliphatic rings. The van der Waals surface area contributed by atoms with E-state index < -0.39 is 0 Å². The second-order valence-corrected chi connectivity index (χ2v) is 4.74. The topological polar surface area (TPSA) is 117 Å². The molecule has 1 aromatic carbocycles. The normalized spacial score (nSPS) is 17.8. The van der Waals surface area contributed by atoms with E-state index >= 15 is 0 Å². The van der Waals surface area contributed by atoms with E-state index in [1.165, 1.54) is 6.07 Å². The molecule has 1 aromatic rings. The Kier molecular flexibility index (Phi) is 4.11. The number of benzene rings is 1. The van der Waals surface area contributed by atoms with Crippen LogP contribution in [-0.2, 0) is 6.42 Å². The van der Waals surface area contributed by atoms with E-state index in [1.807, 2.05) is 0 Å². The summed E-state index contributed by atoms with van der Waals surface area (Å²) in [5, 5.41) is 22.9. The van der Waals surface area contributed by atoms with Gasteiger partial charge in [-0.25, -0.2) is 0 Å². The van der Waals surface area contributed by atoms with Crippen molar-refractivity contribution in [2.45, 2.75) is 25.3 Å². The largest absolute Gasteiger partial charge is 0.508 e. The third-order valence-electron chi connectivity index (χ3n) is 3.31. The second-order valence-electron chi connectivity index (χ2n) is 4.74. The van der Waals surface area contributed by atoms with Crippen molar-refractivity contribution in [3.63, 3.8) is 0 Å². The Morgan fingerprint density at radius 3 is 2.89 bits per heavy atom. The Balaban J connectivity index is 2.07. The third kappa shape index (κ3) is 3.29. The predicted molar refractivity (Wildman–Crippen MR) is 74.1 cm³/mol. The molecule has 6 heteroatoms. The maximum absolute atomic E-state index is 9.98. The first-order chi connectivity index (χ1) is 9.08. The van der Waals surface area contributed by atoms with Crippen LogP contribution in [0.3, 0.4) is 0 Å². The summed E-state index contributed by atoms with van der Waals surface area (Å²) >= 11 is 0. The van der Waals surface area contributed by atoms with Gasteiger partial charge in [-0.3, -0.25) is 4.99 Å². The van der Waals surface area contributed by atoms with Crippen molar-refractivity contribution < 1.29 is 10.2 Å². The molecule has 6 nitrogen and oxygen atoms in total. The van der Waals surface area contributed by atoms with Crippen LogP contribution in [-0.4, -0.2) is 29.3 Å². The highest BCUT2D eigenvalue weighted by atomic mass is 16.3. The first kappa shape index (κ1) is 13.5. The van der Waals surface area contributed by atoms with Gasteiger partial charge < -0.3 is 27.0 Å².